The number of halogens is 3. The Balaban J connectivity index is 1.62. The summed E-state index contributed by atoms with van der Waals surface area (Å²) in [7, 11) is 1.74. The highest BCUT2D eigenvalue weighted by Gasteiger charge is 2.32. The van der Waals surface area contributed by atoms with E-state index in [-0.39, 0.29) is 18.0 Å². The fourth-order valence-corrected chi connectivity index (χ4v) is 1.93. The van der Waals surface area contributed by atoms with Crippen LogP contribution in [-0.2, 0) is 19.8 Å². The van der Waals surface area contributed by atoms with Crippen molar-refractivity contribution in [1.29, 1.82) is 0 Å². The molecule has 11 heteroatoms. The van der Waals surface area contributed by atoms with Gasteiger partial charge in [-0.3, -0.25) is 14.5 Å². The molecular weight excluding hydrogens is 341 g/mol. The van der Waals surface area contributed by atoms with E-state index in [4.69, 9.17) is 4.52 Å². The topological polar surface area (TPSA) is 98.7 Å². The summed E-state index contributed by atoms with van der Waals surface area (Å²) in [6.07, 6.45) is -0.448. The number of amides is 1. The van der Waals surface area contributed by atoms with Crippen molar-refractivity contribution >= 4 is 5.91 Å². The summed E-state index contributed by atoms with van der Waals surface area (Å²) in [4.78, 5) is 19.2. The van der Waals surface area contributed by atoms with Crippen LogP contribution in [0.1, 0.15) is 21.9 Å². The maximum absolute atomic E-state index is 12.4. The third-order valence-corrected chi connectivity index (χ3v) is 3.15. The van der Waals surface area contributed by atoms with Gasteiger partial charge in [0.2, 0.25) is 11.7 Å². The van der Waals surface area contributed by atoms with E-state index in [2.05, 4.69) is 25.5 Å². The first-order chi connectivity index (χ1) is 11.8. The van der Waals surface area contributed by atoms with E-state index in [9.17, 15) is 18.0 Å². The molecular formula is C14H11F3N6O2. The van der Waals surface area contributed by atoms with Gasteiger partial charge in [0.1, 0.15) is 5.69 Å². The van der Waals surface area contributed by atoms with Crippen LogP contribution in [0.25, 0.3) is 11.4 Å². The quantitative estimate of drug-likeness (QED) is 0.769. The standard InChI is InChI=1S/C14H11F3N6O2/c1-23-7-9(5-20-23)12-21-11(25-22-12)6-19-13(24)8-2-3-10(18-4-8)14(15,16)17/h2-5,7H,6H2,1H3,(H,19,24). The monoisotopic (exact) mass is 352 g/mol. The van der Waals surface area contributed by atoms with Gasteiger partial charge in [-0.2, -0.15) is 23.3 Å². The van der Waals surface area contributed by atoms with Gasteiger partial charge >= 0.3 is 6.18 Å². The van der Waals surface area contributed by atoms with E-state index in [1.807, 2.05) is 0 Å². The molecule has 0 bridgehead atoms. The van der Waals surface area contributed by atoms with Crippen molar-refractivity contribution in [3.63, 3.8) is 0 Å². The third-order valence-electron chi connectivity index (χ3n) is 3.15. The number of carbonyl (C=O) groups excluding carboxylic acids is 1. The zero-order valence-electron chi connectivity index (χ0n) is 12.8. The number of pyridine rings is 1. The molecule has 25 heavy (non-hydrogen) atoms. The zero-order valence-corrected chi connectivity index (χ0v) is 12.8. The molecule has 0 unspecified atom stereocenters. The van der Waals surface area contributed by atoms with Crippen molar-refractivity contribution < 1.29 is 22.5 Å². The van der Waals surface area contributed by atoms with Gasteiger partial charge in [0.15, 0.2) is 0 Å². The predicted molar refractivity (Wildman–Crippen MR) is 76.9 cm³/mol. The summed E-state index contributed by atoms with van der Waals surface area (Å²) in [5, 5.41) is 10.2. The van der Waals surface area contributed by atoms with Crippen molar-refractivity contribution in [2.24, 2.45) is 7.05 Å². The van der Waals surface area contributed by atoms with Gasteiger partial charge in [-0.1, -0.05) is 5.16 Å². The third kappa shape index (κ3) is 3.82. The van der Waals surface area contributed by atoms with E-state index in [0.717, 1.165) is 18.3 Å². The van der Waals surface area contributed by atoms with Crippen LogP contribution >= 0.6 is 0 Å². The zero-order chi connectivity index (χ0) is 18.0. The maximum atomic E-state index is 12.4. The molecule has 0 spiro atoms. The highest BCUT2D eigenvalue weighted by molar-refractivity contribution is 5.93. The van der Waals surface area contributed by atoms with E-state index >= 15 is 0 Å². The Morgan fingerprint density at radius 3 is 2.72 bits per heavy atom. The summed E-state index contributed by atoms with van der Waals surface area (Å²) in [6.45, 7) is -0.0763. The molecule has 0 saturated heterocycles. The van der Waals surface area contributed by atoms with Crippen molar-refractivity contribution in [3.8, 4) is 11.4 Å². The number of hydrogen-bond donors (Lipinski definition) is 1. The number of alkyl halides is 3. The van der Waals surface area contributed by atoms with Crippen LogP contribution in [0.3, 0.4) is 0 Å². The van der Waals surface area contributed by atoms with Gasteiger partial charge in [-0.15, -0.1) is 0 Å². The molecule has 1 amide bonds. The first-order valence-corrected chi connectivity index (χ1v) is 6.96. The van der Waals surface area contributed by atoms with Gasteiger partial charge in [-0.05, 0) is 12.1 Å². The molecule has 3 aromatic rings. The molecule has 0 aromatic carbocycles. The maximum Gasteiger partial charge on any atom is 0.433 e. The normalized spacial score (nSPS) is 11.5. The van der Waals surface area contributed by atoms with Crippen LogP contribution in [0.4, 0.5) is 13.2 Å². The van der Waals surface area contributed by atoms with Crippen LogP contribution in [0.15, 0.2) is 35.2 Å². The lowest BCUT2D eigenvalue weighted by atomic mass is 10.2. The van der Waals surface area contributed by atoms with Crippen LogP contribution in [0, 0.1) is 0 Å². The van der Waals surface area contributed by atoms with Crippen molar-refractivity contribution in [2.45, 2.75) is 12.7 Å². The molecule has 130 valence electrons. The molecule has 0 aliphatic carbocycles. The molecule has 0 saturated carbocycles. The van der Waals surface area contributed by atoms with Crippen LogP contribution < -0.4 is 5.32 Å². The Kier molecular flexibility index (Phi) is 4.21. The number of aryl methyl sites for hydroxylation is 1. The second-order valence-electron chi connectivity index (χ2n) is 5.03. The molecule has 0 fully saturated rings. The second kappa shape index (κ2) is 6.34. The largest absolute Gasteiger partial charge is 0.433 e. The Morgan fingerprint density at radius 1 is 1.32 bits per heavy atom. The molecule has 0 aliphatic rings. The van der Waals surface area contributed by atoms with Gasteiger partial charge < -0.3 is 9.84 Å². The van der Waals surface area contributed by atoms with E-state index in [1.165, 1.54) is 0 Å². The molecule has 3 heterocycles. The lowest BCUT2D eigenvalue weighted by Crippen LogP contribution is -2.23. The molecule has 0 atom stereocenters. The summed E-state index contributed by atoms with van der Waals surface area (Å²) in [6, 6.07) is 1.78. The number of hydrogen-bond acceptors (Lipinski definition) is 6. The Hall–Kier alpha value is -3.24. The van der Waals surface area contributed by atoms with Crippen molar-refractivity contribution in [2.75, 3.05) is 0 Å². The number of carbonyl (C=O) groups is 1. The fourth-order valence-electron chi connectivity index (χ4n) is 1.93. The summed E-state index contributed by atoms with van der Waals surface area (Å²) in [5.74, 6) is -0.150. The molecule has 3 aromatic heterocycles. The average Bonchev–Trinajstić information content (AvgIpc) is 3.20. The Bertz CT molecular complexity index is 885. The molecule has 1 N–H and O–H groups in total. The highest BCUT2D eigenvalue weighted by Crippen LogP contribution is 2.27. The minimum Gasteiger partial charge on any atom is -0.343 e. The summed E-state index contributed by atoms with van der Waals surface area (Å²) >= 11 is 0. The number of nitrogens with one attached hydrogen (secondary N) is 1. The van der Waals surface area contributed by atoms with E-state index in [0.29, 0.717) is 11.4 Å². The van der Waals surface area contributed by atoms with Crippen LogP contribution in [-0.4, -0.2) is 30.8 Å². The van der Waals surface area contributed by atoms with Crippen molar-refractivity contribution in [1.82, 2.24) is 30.2 Å². The molecule has 0 radical (unpaired) electrons. The lowest BCUT2D eigenvalue weighted by Gasteiger charge is -2.06. The number of nitrogens with zero attached hydrogens (tertiary/aromatic N) is 5. The van der Waals surface area contributed by atoms with Gasteiger partial charge in [-0.25, -0.2) is 0 Å². The predicted octanol–water partition coefficient (Wildman–Crippen LogP) is 1.81. The fraction of sp³-hybridized carbons (Fsp3) is 0.214. The molecule has 3 rings (SSSR count). The van der Waals surface area contributed by atoms with Gasteiger partial charge in [0, 0.05) is 19.4 Å². The second-order valence-corrected chi connectivity index (χ2v) is 5.03. The van der Waals surface area contributed by atoms with Gasteiger partial charge in [0.05, 0.1) is 23.9 Å². The molecule has 0 aliphatic heterocycles. The minimum absolute atomic E-state index is 0.0139. The average molecular weight is 352 g/mol. The Morgan fingerprint density at radius 2 is 2.12 bits per heavy atom. The van der Waals surface area contributed by atoms with Gasteiger partial charge in [0.25, 0.3) is 5.91 Å². The smallest absolute Gasteiger partial charge is 0.343 e. The number of rotatable bonds is 4. The van der Waals surface area contributed by atoms with E-state index < -0.39 is 17.8 Å². The summed E-state index contributed by atoms with van der Waals surface area (Å²) < 4.78 is 43.9. The molecule has 8 nitrogen and oxygen atoms in total. The van der Waals surface area contributed by atoms with Crippen LogP contribution in [0.2, 0.25) is 0 Å². The first-order valence-electron chi connectivity index (χ1n) is 6.96. The van der Waals surface area contributed by atoms with E-state index in [1.54, 1.807) is 24.1 Å². The number of aromatic nitrogens is 5. The SMILES string of the molecule is Cn1cc(-c2noc(CNC(=O)c3ccc(C(F)(F)F)nc3)n2)cn1. The summed E-state index contributed by atoms with van der Waals surface area (Å²) in [5.41, 5.74) is -0.433. The highest BCUT2D eigenvalue weighted by atomic mass is 19.4. The lowest BCUT2D eigenvalue weighted by molar-refractivity contribution is -0.141. The van der Waals surface area contributed by atoms with Crippen LogP contribution in [0.5, 0.6) is 0 Å². The Labute approximate surface area is 138 Å². The minimum atomic E-state index is -4.55. The first kappa shape index (κ1) is 16.6. The van der Waals surface area contributed by atoms with Crippen molar-refractivity contribution in [3.05, 3.63) is 47.9 Å².